The SMILES string of the molecule is CC(C)N1CCC(CNC(=O)c2cc(C(=O)O)on2)C1. The van der Waals surface area contributed by atoms with Crippen LogP contribution in [0.4, 0.5) is 0 Å². The second kappa shape index (κ2) is 6.04. The molecule has 7 heteroatoms. The summed E-state index contributed by atoms with van der Waals surface area (Å²) in [6, 6.07) is 1.65. The van der Waals surface area contributed by atoms with Crippen molar-refractivity contribution in [2.75, 3.05) is 19.6 Å². The van der Waals surface area contributed by atoms with Crippen molar-refractivity contribution in [2.45, 2.75) is 26.3 Å². The molecule has 1 fully saturated rings. The van der Waals surface area contributed by atoms with Gasteiger partial charge in [0.25, 0.3) is 5.91 Å². The maximum absolute atomic E-state index is 11.8. The quantitative estimate of drug-likeness (QED) is 0.830. The number of hydrogen-bond acceptors (Lipinski definition) is 5. The largest absolute Gasteiger partial charge is 0.475 e. The number of nitrogens with one attached hydrogen (secondary N) is 1. The van der Waals surface area contributed by atoms with Gasteiger partial charge in [0, 0.05) is 25.2 Å². The van der Waals surface area contributed by atoms with E-state index in [1.807, 2.05) is 0 Å². The third-order valence-corrected chi connectivity index (χ3v) is 3.55. The lowest BCUT2D eigenvalue weighted by molar-refractivity contribution is 0.0651. The first-order chi connectivity index (χ1) is 9.47. The summed E-state index contributed by atoms with van der Waals surface area (Å²) in [7, 11) is 0. The summed E-state index contributed by atoms with van der Waals surface area (Å²) in [5, 5.41) is 14.9. The lowest BCUT2D eigenvalue weighted by Gasteiger charge is -2.20. The fraction of sp³-hybridized carbons (Fsp3) is 0.615. The number of hydrogen-bond donors (Lipinski definition) is 2. The minimum absolute atomic E-state index is 0.00103. The monoisotopic (exact) mass is 281 g/mol. The number of aromatic carboxylic acids is 1. The Morgan fingerprint density at radius 3 is 2.90 bits per heavy atom. The Morgan fingerprint density at radius 2 is 2.35 bits per heavy atom. The number of carbonyl (C=O) groups is 2. The van der Waals surface area contributed by atoms with E-state index < -0.39 is 11.9 Å². The summed E-state index contributed by atoms with van der Waals surface area (Å²) in [6.07, 6.45) is 1.05. The number of rotatable bonds is 5. The molecular weight excluding hydrogens is 262 g/mol. The van der Waals surface area contributed by atoms with Gasteiger partial charge in [0.2, 0.25) is 5.76 Å². The highest BCUT2D eigenvalue weighted by atomic mass is 16.5. The Labute approximate surface area is 116 Å². The van der Waals surface area contributed by atoms with Gasteiger partial charge in [-0.3, -0.25) is 4.79 Å². The van der Waals surface area contributed by atoms with Crippen LogP contribution in [0, 0.1) is 5.92 Å². The molecule has 1 atom stereocenters. The van der Waals surface area contributed by atoms with E-state index in [4.69, 9.17) is 5.11 Å². The second-order valence-corrected chi connectivity index (χ2v) is 5.33. The molecule has 20 heavy (non-hydrogen) atoms. The number of carboxylic acid groups (broad SMARTS) is 1. The van der Waals surface area contributed by atoms with Crippen LogP contribution in [0.25, 0.3) is 0 Å². The van der Waals surface area contributed by atoms with Gasteiger partial charge in [-0.25, -0.2) is 4.79 Å². The van der Waals surface area contributed by atoms with Crippen molar-refractivity contribution in [1.29, 1.82) is 0 Å². The number of carboxylic acids is 1. The van der Waals surface area contributed by atoms with Crippen molar-refractivity contribution >= 4 is 11.9 Å². The Morgan fingerprint density at radius 1 is 1.60 bits per heavy atom. The van der Waals surface area contributed by atoms with Gasteiger partial charge < -0.3 is 19.8 Å². The molecule has 2 rings (SSSR count). The van der Waals surface area contributed by atoms with Gasteiger partial charge in [-0.2, -0.15) is 0 Å². The molecule has 1 unspecified atom stereocenters. The third-order valence-electron chi connectivity index (χ3n) is 3.55. The van der Waals surface area contributed by atoms with Crippen molar-refractivity contribution in [1.82, 2.24) is 15.4 Å². The molecule has 110 valence electrons. The fourth-order valence-electron chi connectivity index (χ4n) is 2.31. The van der Waals surface area contributed by atoms with Crippen LogP contribution in [-0.4, -0.2) is 52.7 Å². The average Bonchev–Trinajstić information content (AvgIpc) is 3.05. The number of carbonyl (C=O) groups excluding carboxylic acids is 1. The molecule has 0 bridgehead atoms. The van der Waals surface area contributed by atoms with Crippen molar-refractivity contribution in [2.24, 2.45) is 5.92 Å². The van der Waals surface area contributed by atoms with Crippen molar-refractivity contribution < 1.29 is 19.2 Å². The van der Waals surface area contributed by atoms with E-state index in [1.54, 1.807) is 0 Å². The van der Waals surface area contributed by atoms with Crippen LogP contribution in [-0.2, 0) is 0 Å². The highest BCUT2D eigenvalue weighted by molar-refractivity contribution is 5.94. The lowest BCUT2D eigenvalue weighted by Crippen LogP contribution is -2.33. The predicted molar refractivity (Wildman–Crippen MR) is 70.6 cm³/mol. The van der Waals surface area contributed by atoms with Crippen LogP contribution in [0.1, 0.15) is 41.3 Å². The van der Waals surface area contributed by atoms with E-state index >= 15 is 0 Å². The molecule has 0 aromatic carbocycles. The Balaban J connectivity index is 1.82. The fourth-order valence-corrected chi connectivity index (χ4v) is 2.31. The van der Waals surface area contributed by atoms with E-state index in [1.165, 1.54) is 0 Å². The molecule has 2 N–H and O–H groups in total. The number of nitrogens with zero attached hydrogens (tertiary/aromatic N) is 2. The highest BCUT2D eigenvalue weighted by Gasteiger charge is 2.25. The van der Waals surface area contributed by atoms with E-state index in [2.05, 4.69) is 33.7 Å². The standard InChI is InChI=1S/C13H19N3O4/c1-8(2)16-4-3-9(7-16)6-14-12(17)10-5-11(13(18)19)20-15-10/h5,8-9H,3-4,6-7H2,1-2H3,(H,14,17)(H,18,19). The second-order valence-electron chi connectivity index (χ2n) is 5.33. The molecule has 1 aliphatic heterocycles. The molecule has 2 heterocycles. The van der Waals surface area contributed by atoms with Gasteiger partial charge in [-0.05, 0) is 32.7 Å². The summed E-state index contributed by atoms with van der Waals surface area (Å²) < 4.78 is 4.55. The maximum Gasteiger partial charge on any atom is 0.374 e. The van der Waals surface area contributed by atoms with Crippen molar-refractivity contribution in [3.8, 4) is 0 Å². The normalized spacial score (nSPS) is 19.4. The summed E-state index contributed by atoms with van der Waals surface area (Å²) in [4.78, 5) is 24.8. The third kappa shape index (κ3) is 3.36. The molecule has 0 spiro atoms. The van der Waals surface area contributed by atoms with Gasteiger partial charge >= 0.3 is 5.97 Å². The Kier molecular flexibility index (Phi) is 4.39. The van der Waals surface area contributed by atoms with Gasteiger partial charge in [-0.1, -0.05) is 5.16 Å². The predicted octanol–water partition coefficient (Wildman–Crippen LogP) is 0.833. The van der Waals surface area contributed by atoms with E-state index in [0.717, 1.165) is 25.6 Å². The summed E-state index contributed by atoms with van der Waals surface area (Å²) in [6.45, 7) is 6.90. The van der Waals surface area contributed by atoms with Crippen LogP contribution in [0.3, 0.4) is 0 Å². The van der Waals surface area contributed by atoms with Gasteiger partial charge in [-0.15, -0.1) is 0 Å². The molecular formula is C13H19N3O4. The molecule has 7 nitrogen and oxygen atoms in total. The first-order valence-electron chi connectivity index (χ1n) is 6.69. The molecule has 1 amide bonds. The number of aromatic nitrogens is 1. The first kappa shape index (κ1) is 14.5. The summed E-state index contributed by atoms with van der Waals surface area (Å²) >= 11 is 0. The van der Waals surface area contributed by atoms with Crippen molar-refractivity contribution in [3.05, 3.63) is 17.5 Å². The van der Waals surface area contributed by atoms with Crippen LogP contribution in [0.15, 0.2) is 10.6 Å². The van der Waals surface area contributed by atoms with Crippen LogP contribution >= 0.6 is 0 Å². The zero-order chi connectivity index (χ0) is 14.7. The lowest BCUT2D eigenvalue weighted by atomic mass is 10.1. The van der Waals surface area contributed by atoms with Gasteiger partial charge in [0.05, 0.1) is 0 Å². The smallest absolute Gasteiger partial charge is 0.374 e. The summed E-state index contributed by atoms with van der Waals surface area (Å²) in [5.41, 5.74) is 0.00103. The molecule has 1 aromatic rings. The minimum Gasteiger partial charge on any atom is -0.475 e. The molecule has 0 radical (unpaired) electrons. The van der Waals surface area contributed by atoms with Gasteiger partial charge in [0.15, 0.2) is 5.69 Å². The van der Waals surface area contributed by atoms with E-state index in [0.29, 0.717) is 18.5 Å². The zero-order valence-electron chi connectivity index (χ0n) is 11.6. The number of amides is 1. The minimum atomic E-state index is -1.24. The first-order valence-corrected chi connectivity index (χ1v) is 6.69. The molecule has 1 aliphatic rings. The average molecular weight is 281 g/mol. The van der Waals surface area contributed by atoms with Gasteiger partial charge in [0.1, 0.15) is 0 Å². The maximum atomic E-state index is 11.8. The topological polar surface area (TPSA) is 95.7 Å². The molecule has 0 saturated carbocycles. The Bertz CT molecular complexity index is 498. The van der Waals surface area contributed by atoms with Crippen LogP contribution < -0.4 is 5.32 Å². The highest BCUT2D eigenvalue weighted by Crippen LogP contribution is 2.17. The summed E-state index contributed by atoms with van der Waals surface area (Å²) in [5.74, 6) is -1.54. The molecule has 1 aromatic heterocycles. The van der Waals surface area contributed by atoms with Crippen LogP contribution in [0.5, 0.6) is 0 Å². The van der Waals surface area contributed by atoms with Crippen LogP contribution in [0.2, 0.25) is 0 Å². The van der Waals surface area contributed by atoms with E-state index in [-0.39, 0.29) is 11.5 Å². The number of likely N-dealkylation sites (tertiary alicyclic amines) is 1. The van der Waals surface area contributed by atoms with Crippen molar-refractivity contribution in [3.63, 3.8) is 0 Å². The molecule has 1 saturated heterocycles. The van der Waals surface area contributed by atoms with E-state index in [9.17, 15) is 9.59 Å². The molecule has 0 aliphatic carbocycles. The zero-order valence-corrected chi connectivity index (χ0v) is 11.6. The Hall–Kier alpha value is -1.89.